The van der Waals surface area contributed by atoms with E-state index < -0.39 is 29.7 Å². The lowest BCUT2D eigenvalue weighted by molar-refractivity contribution is -0.115. The molecule has 0 heterocycles. The van der Waals surface area contributed by atoms with Gasteiger partial charge in [0, 0.05) is 24.3 Å². The Hall–Kier alpha value is -2.72. The molecule has 0 aliphatic rings. The molecule has 0 rings (SSSR count). The molecule has 0 spiro atoms. The van der Waals surface area contributed by atoms with E-state index in [1.54, 1.807) is 0 Å². The average Bonchev–Trinajstić information content (AvgIpc) is 2.35. The van der Waals surface area contributed by atoms with Crippen molar-refractivity contribution in [2.45, 2.75) is 13.0 Å². The topological polar surface area (TPSA) is 213 Å². The fourth-order valence-electron chi connectivity index (χ4n) is 0.329. The van der Waals surface area contributed by atoms with Gasteiger partial charge in [-0.05, 0) is 6.92 Å². The first-order chi connectivity index (χ1) is 9.52. The Kier molecular flexibility index (Phi) is 17.1. The van der Waals surface area contributed by atoms with E-state index in [0.29, 0.717) is 0 Å². The quantitative estimate of drug-likeness (QED) is 0.282. The van der Waals surface area contributed by atoms with E-state index in [1.165, 1.54) is 6.92 Å². The molecule has 0 aromatic carbocycles. The van der Waals surface area contributed by atoms with Gasteiger partial charge in [-0.25, -0.2) is 0 Å². The van der Waals surface area contributed by atoms with Crippen molar-refractivity contribution in [1.82, 2.24) is 0 Å². The minimum Gasteiger partial charge on any atom is -0.394 e. The van der Waals surface area contributed by atoms with Crippen molar-refractivity contribution in [3.8, 4) is 0 Å². The van der Waals surface area contributed by atoms with E-state index in [1.807, 2.05) is 0 Å². The Labute approximate surface area is 121 Å². The van der Waals surface area contributed by atoms with Gasteiger partial charge in [0.25, 0.3) is 0 Å². The van der Waals surface area contributed by atoms with Crippen molar-refractivity contribution >= 4 is 23.6 Å². The summed E-state index contributed by atoms with van der Waals surface area (Å²) in [5.41, 5.74) is 18.4. The lowest BCUT2D eigenvalue weighted by Gasteiger charge is -1.90. The van der Waals surface area contributed by atoms with Crippen molar-refractivity contribution in [3.63, 3.8) is 0 Å². The smallest absolute Gasteiger partial charge is 0.241 e. The minimum absolute atomic E-state index is 0.139. The normalized spacial score (nSPS) is 10.8. The number of amides is 4. The van der Waals surface area contributed by atoms with Gasteiger partial charge in [0.15, 0.2) is 0 Å². The molecule has 10 nitrogen and oxygen atoms in total. The first kappa shape index (κ1) is 23.4. The highest BCUT2D eigenvalue weighted by Gasteiger charge is 1.84. The first-order valence-electron chi connectivity index (χ1n) is 5.35. The standard InChI is InChI=1S/2C4H6N2O2.C3H8O2/c2*5-3(7)1-2-4(6)8;1-3(5)2-4/h2*1-2H,(H2,5,7)(H2,6,8);3-5H,2H2,1H3. The average molecular weight is 304 g/mol. The molecule has 1 unspecified atom stereocenters. The molecular formula is C11H20N4O6. The summed E-state index contributed by atoms with van der Waals surface area (Å²) in [4.78, 5) is 39.3. The molecule has 0 aliphatic heterocycles. The Morgan fingerprint density at radius 1 is 0.810 bits per heavy atom. The molecule has 120 valence electrons. The molecule has 0 radical (unpaired) electrons. The maximum Gasteiger partial charge on any atom is 0.241 e. The third-order valence-corrected chi connectivity index (χ3v) is 1.09. The van der Waals surface area contributed by atoms with Crippen molar-refractivity contribution < 1.29 is 29.4 Å². The maximum atomic E-state index is 9.83. The second-order valence-corrected chi connectivity index (χ2v) is 3.31. The largest absolute Gasteiger partial charge is 0.394 e. The van der Waals surface area contributed by atoms with Crippen molar-refractivity contribution in [2.24, 2.45) is 22.9 Å². The molecule has 4 amide bonds. The summed E-state index contributed by atoms with van der Waals surface area (Å²) in [7, 11) is 0. The summed E-state index contributed by atoms with van der Waals surface area (Å²) in [6.07, 6.45) is 3.06. The lowest BCUT2D eigenvalue weighted by atomic mass is 10.5. The Morgan fingerprint density at radius 3 is 1.00 bits per heavy atom. The van der Waals surface area contributed by atoms with Crippen LogP contribution in [0.1, 0.15) is 6.92 Å². The molecule has 0 saturated carbocycles. The summed E-state index contributed by atoms with van der Waals surface area (Å²) >= 11 is 0. The molecule has 0 aromatic rings. The van der Waals surface area contributed by atoms with Crippen molar-refractivity contribution in [2.75, 3.05) is 6.61 Å². The highest BCUT2D eigenvalue weighted by atomic mass is 16.3. The molecule has 0 bridgehead atoms. The van der Waals surface area contributed by atoms with Crippen LogP contribution < -0.4 is 22.9 Å². The zero-order valence-corrected chi connectivity index (χ0v) is 11.4. The number of primary amides is 4. The molecular weight excluding hydrogens is 284 g/mol. The number of nitrogens with two attached hydrogens (primary N) is 4. The van der Waals surface area contributed by atoms with E-state index in [2.05, 4.69) is 22.9 Å². The van der Waals surface area contributed by atoms with E-state index >= 15 is 0 Å². The Balaban J connectivity index is -0.000000239. The molecule has 10 N–H and O–H groups in total. The molecule has 21 heavy (non-hydrogen) atoms. The first-order valence-corrected chi connectivity index (χ1v) is 5.35. The lowest BCUT2D eigenvalue weighted by Crippen LogP contribution is -2.10. The van der Waals surface area contributed by atoms with Crippen molar-refractivity contribution in [1.29, 1.82) is 0 Å². The van der Waals surface area contributed by atoms with Gasteiger partial charge in [-0.1, -0.05) is 0 Å². The number of carbonyl (C=O) groups is 4. The Bertz CT molecular complexity index is 338. The zero-order valence-electron chi connectivity index (χ0n) is 11.4. The molecule has 0 aromatic heterocycles. The summed E-state index contributed by atoms with van der Waals surface area (Å²) in [6, 6.07) is 0. The van der Waals surface area contributed by atoms with E-state index in [0.717, 1.165) is 24.3 Å². The molecule has 0 saturated heterocycles. The molecule has 0 fully saturated rings. The summed E-state index contributed by atoms with van der Waals surface area (Å²) in [6.45, 7) is 1.39. The van der Waals surface area contributed by atoms with Crippen LogP contribution in [0.25, 0.3) is 0 Å². The van der Waals surface area contributed by atoms with Gasteiger partial charge in [-0.15, -0.1) is 0 Å². The third kappa shape index (κ3) is 46.8. The number of aliphatic hydroxyl groups is 2. The minimum atomic E-state index is -0.677. The van der Waals surface area contributed by atoms with Crippen LogP contribution in [-0.2, 0) is 19.2 Å². The zero-order chi connectivity index (χ0) is 17.4. The number of hydrogen-bond acceptors (Lipinski definition) is 6. The summed E-state index contributed by atoms with van der Waals surface area (Å²) in [5, 5.41) is 16.0. The van der Waals surface area contributed by atoms with Crippen LogP contribution in [0.5, 0.6) is 0 Å². The van der Waals surface area contributed by atoms with Crippen LogP contribution in [0.15, 0.2) is 24.3 Å². The highest BCUT2D eigenvalue weighted by Crippen LogP contribution is 1.68. The van der Waals surface area contributed by atoms with Gasteiger partial charge in [0.05, 0.1) is 12.7 Å². The van der Waals surface area contributed by atoms with Gasteiger partial charge >= 0.3 is 0 Å². The fourth-order valence-corrected chi connectivity index (χ4v) is 0.329. The van der Waals surface area contributed by atoms with Crippen LogP contribution in [0, 0.1) is 0 Å². The predicted octanol–water partition coefficient (Wildman–Crippen LogP) is -3.61. The van der Waals surface area contributed by atoms with Gasteiger partial charge in [0.1, 0.15) is 0 Å². The molecule has 1 atom stereocenters. The molecule has 0 aliphatic carbocycles. The van der Waals surface area contributed by atoms with Gasteiger partial charge in [-0.2, -0.15) is 0 Å². The highest BCUT2D eigenvalue weighted by molar-refractivity contribution is 5.95. The number of carbonyl (C=O) groups excluding carboxylic acids is 4. The van der Waals surface area contributed by atoms with Crippen LogP contribution >= 0.6 is 0 Å². The SMILES string of the molecule is CC(O)CO.NC(=O)C=CC(N)=O.NC(=O)C=CC(N)=O. The van der Waals surface area contributed by atoms with Crippen LogP contribution in [-0.4, -0.2) is 46.6 Å². The van der Waals surface area contributed by atoms with Gasteiger partial charge < -0.3 is 33.1 Å². The number of hydrogen-bond donors (Lipinski definition) is 6. The summed E-state index contributed by atoms with van der Waals surface area (Å²) < 4.78 is 0. The summed E-state index contributed by atoms with van der Waals surface area (Å²) in [5.74, 6) is -2.71. The monoisotopic (exact) mass is 304 g/mol. The predicted molar refractivity (Wildman–Crippen MR) is 73.8 cm³/mol. The number of aliphatic hydroxyl groups excluding tert-OH is 2. The van der Waals surface area contributed by atoms with E-state index in [4.69, 9.17) is 10.2 Å². The molecule has 10 heteroatoms. The van der Waals surface area contributed by atoms with E-state index in [9.17, 15) is 19.2 Å². The van der Waals surface area contributed by atoms with Gasteiger partial charge in [0.2, 0.25) is 23.6 Å². The Morgan fingerprint density at radius 2 is 0.952 bits per heavy atom. The number of rotatable bonds is 5. The maximum absolute atomic E-state index is 9.83. The van der Waals surface area contributed by atoms with Gasteiger partial charge in [-0.3, -0.25) is 19.2 Å². The fraction of sp³-hybridized carbons (Fsp3) is 0.273. The third-order valence-electron chi connectivity index (χ3n) is 1.09. The second kappa shape index (κ2) is 15.3. The van der Waals surface area contributed by atoms with Crippen LogP contribution in [0.2, 0.25) is 0 Å². The van der Waals surface area contributed by atoms with Crippen LogP contribution in [0.3, 0.4) is 0 Å². The second-order valence-electron chi connectivity index (χ2n) is 3.31. The van der Waals surface area contributed by atoms with Crippen molar-refractivity contribution in [3.05, 3.63) is 24.3 Å². The van der Waals surface area contributed by atoms with Crippen LogP contribution in [0.4, 0.5) is 0 Å². The van der Waals surface area contributed by atoms with E-state index in [-0.39, 0.29) is 6.61 Å².